The standard InChI is InChI=1S/C31H28F2N6O/c1-19(2)27-18-38(30-25(17-35)31(40)37(3)26-13-12-24(16-34)36-28(26)30)14-15-39(27)29(20-4-8-22(32)9-5-20)21-6-10-23(33)11-7-21/h4-13,19,27,29H,14-15,18H2,1-3H3/t27-/m0/s1. The summed E-state index contributed by atoms with van der Waals surface area (Å²) in [4.78, 5) is 22.1. The molecule has 1 fully saturated rings. The van der Waals surface area contributed by atoms with Crippen LogP contribution < -0.4 is 10.5 Å². The van der Waals surface area contributed by atoms with Gasteiger partial charge >= 0.3 is 0 Å². The maximum absolute atomic E-state index is 13.9. The first kappa shape index (κ1) is 27.0. The molecule has 1 atom stereocenters. The molecule has 1 saturated heterocycles. The molecular formula is C31H28F2N6O. The van der Waals surface area contributed by atoms with E-state index < -0.39 is 5.56 Å². The molecule has 4 aromatic rings. The minimum Gasteiger partial charge on any atom is -0.366 e. The lowest BCUT2D eigenvalue weighted by Gasteiger charge is -2.48. The molecule has 0 radical (unpaired) electrons. The fourth-order valence-electron chi connectivity index (χ4n) is 5.67. The van der Waals surface area contributed by atoms with Crippen molar-refractivity contribution in [2.75, 3.05) is 24.5 Å². The summed E-state index contributed by atoms with van der Waals surface area (Å²) in [5.41, 5.74) is 2.93. The number of piperazine rings is 1. The zero-order valence-electron chi connectivity index (χ0n) is 22.5. The number of nitriles is 2. The molecule has 1 aliphatic rings. The van der Waals surface area contributed by atoms with Crippen molar-refractivity contribution >= 4 is 16.7 Å². The molecule has 0 unspecified atom stereocenters. The molecular weight excluding hydrogens is 510 g/mol. The van der Waals surface area contributed by atoms with Crippen molar-refractivity contribution < 1.29 is 8.78 Å². The van der Waals surface area contributed by atoms with E-state index in [9.17, 15) is 24.1 Å². The number of hydrogen-bond donors (Lipinski definition) is 0. The molecule has 1 aliphatic heterocycles. The van der Waals surface area contributed by atoms with Crippen LogP contribution in [0.15, 0.2) is 65.5 Å². The van der Waals surface area contributed by atoms with Crippen molar-refractivity contribution in [1.82, 2.24) is 14.5 Å². The second-order valence-electron chi connectivity index (χ2n) is 10.4. The number of aryl methyl sites for hydroxylation is 1. The number of hydrogen-bond acceptors (Lipinski definition) is 6. The van der Waals surface area contributed by atoms with Gasteiger partial charge in [-0.2, -0.15) is 10.5 Å². The minimum atomic E-state index is -0.421. The van der Waals surface area contributed by atoms with Gasteiger partial charge in [0.25, 0.3) is 5.56 Å². The molecule has 5 rings (SSSR count). The zero-order valence-corrected chi connectivity index (χ0v) is 22.5. The highest BCUT2D eigenvalue weighted by Gasteiger charge is 2.37. The summed E-state index contributed by atoms with van der Waals surface area (Å²) in [6.07, 6.45) is 0. The van der Waals surface area contributed by atoms with E-state index in [4.69, 9.17) is 0 Å². The van der Waals surface area contributed by atoms with Crippen molar-refractivity contribution in [3.63, 3.8) is 0 Å². The van der Waals surface area contributed by atoms with Crippen molar-refractivity contribution in [3.05, 3.63) is 105 Å². The number of aromatic nitrogens is 2. The Hall–Kier alpha value is -4.60. The Bertz CT molecular complexity index is 1660. The van der Waals surface area contributed by atoms with E-state index in [0.717, 1.165) is 11.1 Å². The minimum absolute atomic E-state index is 0.0119. The molecule has 7 nitrogen and oxygen atoms in total. The van der Waals surface area contributed by atoms with Crippen LogP contribution in [-0.4, -0.2) is 40.1 Å². The summed E-state index contributed by atoms with van der Waals surface area (Å²) < 4.78 is 29.1. The number of benzene rings is 2. The topological polar surface area (TPSA) is 88.9 Å². The predicted molar refractivity (Wildman–Crippen MR) is 149 cm³/mol. The molecule has 202 valence electrons. The summed E-state index contributed by atoms with van der Waals surface area (Å²) in [6, 6.07) is 19.8. The van der Waals surface area contributed by atoms with E-state index in [-0.39, 0.29) is 40.9 Å². The van der Waals surface area contributed by atoms with Gasteiger partial charge in [0.05, 0.1) is 17.2 Å². The van der Waals surface area contributed by atoms with Crippen LogP contribution >= 0.6 is 0 Å². The third-order valence-corrected chi connectivity index (χ3v) is 7.69. The molecule has 40 heavy (non-hydrogen) atoms. The van der Waals surface area contributed by atoms with E-state index in [0.29, 0.717) is 36.4 Å². The average molecular weight is 539 g/mol. The van der Waals surface area contributed by atoms with Gasteiger partial charge in [0.15, 0.2) is 0 Å². The Balaban J connectivity index is 1.62. The van der Waals surface area contributed by atoms with Gasteiger partial charge in [0, 0.05) is 32.7 Å². The molecule has 0 saturated carbocycles. The highest BCUT2D eigenvalue weighted by atomic mass is 19.1. The van der Waals surface area contributed by atoms with Gasteiger partial charge in [-0.05, 0) is 53.4 Å². The van der Waals surface area contributed by atoms with Gasteiger partial charge < -0.3 is 9.47 Å². The van der Waals surface area contributed by atoms with Crippen LogP contribution in [0.3, 0.4) is 0 Å². The van der Waals surface area contributed by atoms with Crippen LogP contribution in [-0.2, 0) is 7.05 Å². The van der Waals surface area contributed by atoms with Gasteiger partial charge in [-0.15, -0.1) is 0 Å². The lowest BCUT2D eigenvalue weighted by Crippen LogP contribution is -2.56. The largest absolute Gasteiger partial charge is 0.366 e. The molecule has 3 heterocycles. The molecule has 0 amide bonds. The van der Waals surface area contributed by atoms with Gasteiger partial charge in [-0.1, -0.05) is 38.1 Å². The number of halogens is 2. The maximum atomic E-state index is 13.9. The van der Waals surface area contributed by atoms with Crippen molar-refractivity contribution in [1.29, 1.82) is 10.5 Å². The van der Waals surface area contributed by atoms with E-state index in [1.807, 2.05) is 4.90 Å². The summed E-state index contributed by atoms with van der Waals surface area (Å²) >= 11 is 0. The molecule has 0 spiro atoms. The Morgan fingerprint density at radius 2 is 1.50 bits per heavy atom. The van der Waals surface area contributed by atoms with Crippen LogP contribution in [0.25, 0.3) is 11.0 Å². The fourth-order valence-corrected chi connectivity index (χ4v) is 5.67. The average Bonchev–Trinajstić information content (AvgIpc) is 2.96. The highest BCUT2D eigenvalue weighted by molar-refractivity contribution is 5.92. The van der Waals surface area contributed by atoms with Crippen LogP contribution in [0.2, 0.25) is 0 Å². The summed E-state index contributed by atoms with van der Waals surface area (Å²) in [5, 5.41) is 19.5. The first-order valence-electron chi connectivity index (χ1n) is 13.1. The third kappa shape index (κ3) is 4.81. The maximum Gasteiger partial charge on any atom is 0.270 e. The molecule has 2 aromatic carbocycles. The number of fused-ring (bicyclic) bond motifs is 1. The predicted octanol–water partition coefficient (Wildman–Crippen LogP) is 4.89. The summed E-state index contributed by atoms with van der Waals surface area (Å²) in [6.45, 7) is 5.70. The van der Waals surface area contributed by atoms with Crippen LogP contribution in [0, 0.1) is 40.2 Å². The Morgan fingerprint density at radius 3 is 2.02 bits per heavy atom. The summed E-state index contributed by atoms with van der Waals surface area (Å²) in [5.74, 6) is -0.521. The van der Waals surface area contributed by atoms with Gasteiger partial charge in [0.1, 0.15) is 40.5 Å². The first-order chi connectivity index (χ1) is 19.2. The first-order valence-corrected chi connectivity index (χ1v) is 13.1. The fraction of sp³-hybridized carbons (Fsp3) is 0.290. The van der Waals surface area contributed by atoms with Crippen molar-refractivity contribution in [3.8, 4) is 12.1 Å². The quantitative estimate of drug-likeness (QED) is 0.360. The van der Waals surface area contributed by atoms with Gasteiger partial charge in [0.2, 0.25) is 0 Å². The van der Waals surface area contributed by atoms with Crippen molar-refractivity contribution in [2.24, 2.45) is 13.0 Å². The number of rotatable bonds is 5. The third-order valence-electron chi connectivity index (χ3n) is 7.69. The lowest BCUT2D eigenvalue weighted by atomic mass is 9.90. The van der Waals surface area contributed by atoms with E-state index >= 15 is 0 Å². The Kier molecular flexibility index (Phi) is 7.34. The Labute approximate surface area is 231 Å². The second kappa shape index (κ2) is 10.9. The molecule has 0 bridgehead atoms. The number of pyridine rings is 2. The lowest BCUT2D eigenvalue weighted by molar-refractivity contribution is 0.105. The van der Waals surface area contributed by atoms with E-state index in [1.54, 1.807) is 43.4 Å². The van der Waals surface area contributed by atoms with Crippen LogP contribution in [0.4, 0.5) is 14.5 Å². The normalized spacial score (nSPS) is 15.9. The van der Waals surface area contributed by atoms with Gasteiger partial charge in [-0.25, -0.2) is 13.8 Å². The SMILES string of the molecule is CC(C)[C@@H]1CN(c2c(C#N)c(=O)n(C)c3ccc(C#N)nc23)CCN1C(c1ccc(F)cc1)c1ccc(F)cc1. The van der Waals surface area contributed by atoms with Crippen molar-refractivity contribution in [2.45, 2.75) is 25.9 Å². The molecule has 9 heteroatoms. The second-order valence-corrected chi connectivity index (χ2v) is 10.4. The van der Waals surface area contributed by atoms with Crippen LogP contribution in [0.1, 0.15) is 42.3 Å². The van der Waals surface area contributed by atoms with Crippen LogP contribution in [0.5, 0.6) is 0 Å². The smallest absolute Gasteiger partial charge is 0.270 e. The molecule has 0 N–H and O–H groups in total. The summed E-state index contributed by atoms with van der Waals surface area (Å²) in [7, 11) is 1.59. The number of nitrogens with zero attached hydrogens (tertiary/aromatic N) is 6. The highest BCUT2D eigenvalue weighted by Crippen LogP contribution is 2.37. The Morgan fingerprint density at radius 1 is 0.900 bits per heavy atom. The van der Waals surface area contributed by atoms with Gasteiger partial charge in [-0.3, -0.25) is 9.69 Å². The molecule has 2 aromatic heterocycles. The zero-order chi connectivity index (χ0) is 28.6. The molecule has 0 aliphatic carbocycles. The monoisotopic (exact) mass is 538 g/mol. The van der Waals surface area contributed by atoms with E-state index in [2.05, 4.69) is 35.9 Å². The van der Waals surface area contributed by atoms with E-state index in [1.165, 1.54) is 28.8 Å². The number of anilines is 1.